The Hall–Kier alpha value is -3.15. The smallest absolute Gasteiger partial charge is 0.333 e. The zero-order valence-electron chi connectivity index (χ0n) is 12.4. The maximum absolute atomic E-state index is 12.2. The molecule has 116 valence electrons. The van der Waals surface area contributed by atoms with Gasteiger partial charge in [-0.05, 0) is 5.56 Å². The van der Waals surface area contributed by atoms with Gasteiger partial charge in [0.25, 0.3) is 0 Å². The third-order valence-corrected chi connectivity index (χ3v) is 3.54. The van der Waals surface area contributed by atoms with E-state index in [0.29, 0.717) is 17.8 Å². The average Bonchev–Trinajstić information content (AvgIpc) is 2.84. The van der Waals surface area contributed by atoms with Gasteiger partial charge in [0.05, 0.1) is 0 Å². The van der Waals surface area contributed by atoms with Crippen LogP contribution in [0.25, 0.3) is 0 Å². The monoisotopic (exact) mass is 308 g/mol. The zero-order valence-corrected chi connectivity index (χ0v) is 12.4. The van der Waals surface area contributed by atoms with Crippen LogP contribution in [0.3, 0.4) is 0 Å². The molecule has 3 rings (SSSR count). The lowest BCUT2D eigenvalue weighted by Crippen LogP contribution is -2.32. The number of carbonyl (C=O) groups excluding carboxylic acids is 1. The zero-order chi connectivity index (χ0) is 16.2. The summed E-state index contributed by atoms with van der Waals surface area (Å²) in [5, 5.41) is 4.19. The number of nitrogen functional groups attached to an aromatic ring is 1. The molecule has 2 N–H and O–H groups in total. The predicted octanol–water partition coefficient (Wildman–Crippen LogP) is 1.23. The number of hydrogen-bond acceptors (Lipinski definition) is 4. The summed E-state index contributed by atoms with van der Waals surface area (Å²) in [7, 11) is 0. The minimum atomic E-state index is -0.500. The highest BCUT2D eigenvalue weighted by atomic mass is 16.2. The van der Waals surface area contributed by atoms with Crippen molar-refractivity contribution < 1.29 is 4.79 Å². The van der Waals surface area contributed by atoms with Crippen LogP contribution in [-0.2, 0) is 13.0 Å². The van der Waals surface area contributed by atoms with E-state index < -0.39 is 5.69 Å². The Labute approximate surface area is 132 Å². The molecule has 6 heteroatoms. The van der Waals surface area contributed by atoms with Crippen molar-refractivity contribution in [1.82, 2.24) is 14.5 Å². The summed E-state index contributed by atoms with van der Waals surface area (Å²) in [6.45, 7) is -0.130. The largest absolute Gasteiger partial charge is 0.365 e. The first kappa shape index (κ1) is 14.8. The number of nitrogens with two attached hydrogens (primary N) is 1. The molecule has 0 saturated heterocycles. The lowest BCUT2D eigenvalue weighted by atomic mass is 10.1. The summed E-state index contributed by atoms with van der Waals surface area (Å²) in [5.41, 5.74) is 1.03. The Morgan fingerprint density at radius 2 is 1.61 bits per heavy atom. The maximum atomic E-state index is 12.2. The molecule has 0 saturated carbocycles. The van der Waals surface area contributed by atoms with E-state index in [4.69, 9.17) is 5.84 Å². The molecule has 0 aliphatic rings. The number of benzene rings is 2. The van der Waals surface area contributed by atoms with Gasteiger partial charge in [0.15, 0.2) is 11.6 Å². The minimum absolute atomic E-state index is 0.130. The molecule has 0 radical (unpaired) electrons. The molecule has 3 aromatic rings. The van der Waals surface area contributed by atoms with Gasteiger partial charge in [-0.25, -0.2) is 9.48 Å². The average molecular weight is 308 g/mol. The summed E-state index contributed by atoms with van der Waals surface area (Å²) < 4.78 is 2.10. The molecule has 6 nitrogen and oxygen atoms in total. The summed E-state index contributed by atoms with van der Waals surface area (Å²) in [6, 6.07) is 18.4. The van der Waals surface area contributed by atoms with Crippen molar-refractivity contribution in [3.8, 4) is 0 Å². The number of Topliss-reactive ketones (excluding diaryl/α,β-unsaturated/α-hetero) is 1. The normalized spacial score (nSPS) is 10.6. The molecule has 0 atom stereocenters. The second-order valence-corrected chi connectivity index (χ2v) is 5.18. The van der Waals surface area contributed by atoms with Gasteiger partial charge in [-0.2, -0.15) is 9.77 Å². The van der Waals surface area contributed by atoms with Gasteiger partial charge in [0.1, 0.15) is 6.54 Å². The van der Waals surface area contributed by atoms with E-state index in [1.165, 1.54) is 0 Å². The molecule has 23 heavy (non-hydrogen) atoms. The van der Waals surface area contributed by atoms with Gasteiger partial charge in [-0.3, -0.25) is 4.79 Å². The predicted molar refractivity (Wildman–Crippen MR) is 86.7 cm³/mol. The molecule has 1 aromatic heterocycles. The number of carbonyl (C=O) groups is 1. The molecule has 0 bridgehead atoms. The van der Waals surface area contributed by atoms with Crippen molar-refractivity contribution in [2.24, 2.45) is 0 Å². The summed E-state index contributed by atoms with van der Waals surface area (Å²) >= 11 is 0. The van der Waals surface area contributed by atoms with E-state index in [1.54, 1.807) is 24.3 Å². The van der Waals surface area contributed by atoms with Crippen LogP contribution in [0.15, 0.2) is 65.5 Å². The second kappa shape index (κ2) is 6.31. The molecular weight excluding hydrogens is 292 g/mol. The van der Waals surface area contributed by atoms with Crippen LogP contribution in [0.4, 0.5) is 0 Å². The molecular formula is C17H16N4O2. The van der Waals surface area contributed by atoms with Crippen molar-refractivity contribution in [1.29, 1.82) is 0 Å². The first-order valence-electron chi connectivity index (χ1n) is 7.21. The van der Waals surface area contributed by atoms with Gasteiger partial charge >= 0.3 is 5.69 Å². The topological polar surface area (TPSA) is 82.9 Å². The van der Waals surface area contributed by atoms with E-state index in [9.17, 15) is 9.59 Å². The number of rotatable bonds is 5. The van der Waals surface area contributed by atoms with Crippen molar-refractivity contribution in [3.05, 3.63) is 88.1 Å². The van der Waals surface area contributed by atoms with Crippen LogP contribution in [0.2, 0.25) is 0 Å². The summed E-state index contributed by atoms with van der Waals surface area (Å²) in [4.78, 5) is 24.3. The fraction of sp³-hybridized carbons (Fsp3) is 0.118. The molecule has 0 fully saturated rings. The highest BCUT2D eigenvalue weighted by Gasteiger charge is 2.15. The Kier molecular flexibility index (Phi) is 4.05. The van der Waals surface area contributed by atoms with Crippen LogP contribution in [0.1, 0.15) is 21.7 Å². The molecule has 2 aromatic carbocycles. The third-order valence-electron chi connectivity index (χ3n) is 3.54. The van der Waals surface area contributed by atoms with Gasteiger partial charge in [-0.15, -0.1) is 0 Å². The number of hydrogen-bond donors (Lipinski definition) is 1. The second-order valence-electron chi connectivity index (χ2n) is 5.18. The lowest BCUT2D eigenvalue weighted by molar-refractivity contribution is 0.0966. The van der Waals surface area contributed by atoms with Crippen molar-refractivity contribution >= 4 is 5.78 Å². The van der Waals surface area contributed by atoms with Gasteiger partial charge in [0.2, 0.25) is 0 Å². The van der Waals surface area contributed by atoms with Gasteiger partial charge in [0, 0.05) is 12.0 Å². The van der Waals surface area contributed by atoms with Crippen molar-refractivity contribution in [3.63, 3.8) is 0 Å². The fourth-order valence-corrected chi connectivity index (χ4v) is 2.32. The Bertz CT molecular complexity index is 867. The quantitative estimate of drug-likeness (QED) is 0.568. The Balaban J connectivity index is 1.83. The van der Waals surface area contributed by atoms with E-state index in [-0.39, 0.29) is 12.3 Å². The minimum Gasteiger partial charge on any atom is -0.333 e. The van der Waals surface area contributed by atoms with Crippen LogP contribution in [0.5, 0.6) is 0 Å². The highest BCUT2D eigenvalue weighted by Crippen LogP contribution is 2.05. The first-order valence-corrected chi connectivity index (χ1v) is 7.21. The van der Waals surface area contributed by atoms with Crippen LogP contribution < -0.4 is 11.5 Å². The molecule has 0 aliphatic carbocycles. The van der Waals surface area contributed by atoms with Crippen LogP contribution >= 0.6 is 0 Å². The molecule has 0 spiro atoms. The van der Waals surface area contributed by atoms with E-state index >= 15 is 0 Å². The van der Waals surface area contributed by atoms with E-state index in [1.807, 2.05) is 36.4 Å². The van der Waals surface area contributed by atoms with Crippen molar-refractivity contribution in [2.45, 2.75) is 13.0 Å². The SMILES string of the molecule is Nn1c(Cc2ccccc2)nn(CC(=O)c2ccccc2)c1=O. The molecule has 0 aliphatic heterocycles. The van der Waals surface area contributed by atoms with E-state index in [0.717, 1.165) is 14.9 Å². The first-order chi connectivity index (χ1) is 11.1. The summed E-state index contributed by atoms with van der Waals surface area (Å²) in [5.74, 6) is 6.01. The third kappa shape index (κ3) is 3.21. The Morgan fingerprint density at radius 1 is 1.00 bits per heavy atom. The number of aromatic nitrogens is 3. The standard InChI is InChI=1S/C17H16N4O2/c18-21-16(11-13-7-3-1-4-8-13)19-20(17(21)23)12-15(22)14-9-5-2-6-10-14/h1-10H,11-12,18H2. The van der Waals surface area contributed by atoms with Crippen LogP contribution in [0, 0.1) is 0 Å². The Morgan fingerprint density at radius 3 is 2.26 bits per heavy atom. The van der Waals surface area contributed by atoms with Crippen molar-refractivity contribution in [2.75, 3.05) is 5.84 Å². The number of nitrogens with zero attached hydrogens (tertiary/aromatic N) is 3. The fourth-order valence-electron chi connectivity index (χ4n) is 2.32. The van der Waals surface area contributed by atoms with Crippen LogP contribution in [-0.4, -0.2) is 20.2 Å². The van der Waals surface area contributed by atoms with Gasteiger partial charge in [-0.1, -0.05) is 60.7 Å². The molecule has 0 unspecified atom stereocenters. The van der Waals surface area contributed by atoms with E-state index in [2.05, 4.69) is 5.10 Å². The maximum Gasteiger partial charge on any atom is 0.365 e. The summed E-state index contributed by atoms with van der Waals surface area (Å²) in [6.07, 6.45) is 0.430. The number of ketones is 1. The lowest BCUT2D eigenvalue weighted by Gasteiger charge is -2.00. The van der Waals surface area contributed by atoms with Gasteiger partial charge < -0.3 is 5.84 Å². The highest BCUT2D eigenvalue weighted by molar-refractivity contribution is 5.95. The molecule has 1 heterocycles. The molecule has 0 amide bonds.